The maximum Gasteiger partial charge on any atom is 0.233 e. The third-order valence-corrected chi connectivity index (χ3v) is 6.56. The molecule has 1 N–H and O–H groups in total. The molecular formula is C22H29ClN4O2S. The molecule has 30 heavy (non-hydrogen) atoms. The molecule has 0 radical (unpaired) electrons. The van der Waals surface area contributed by atoms with Crippen molar-refractivity contribution >= 4 is 29.3 Å². The van der Waals surface area contributed by atoms with E-state index in [9.17, 15) is 4.79 Å². The molecule has 1 amide bonds. The van der Waals surface area contributed by atoms with Crippen LogP contribution in [-0.2, 0) is 17.9 Å². The van der Waals surface area contributed by atoms with Crippen molar-refractivity contribution in [3.63, 3.8) is 0 Å². The van der Waals surface area contributed by atoms with Gasteiger partial charge in [-0.1, -0.05) is 48.7 Å². The highest BCUT2D eigenvalue weighted by molar-refractivity contribution is 8.00. The average Bonchev–Trinajstić information content (AvgIpc) is 3.14. The fourth-order valence-corrected chi connectivity index (χ4v) is 4.52. The number of thioether (sulfide) groups is 1. The second kappa shape index (κ2) is 11.4. The number of allylic oxidation sites excluding steroid dienone is 1. The maximum atomic E-state index is 12.6. The number of carbonyl (C=O) groups excluding carboxylic acids is 1. The molecule has 2 aromatic rings. The van der Waals surface area contributed by atoms with Gasteiger partial charge in [0.2, 0.25) is 5.91 Å². The Morgan fingerprint density at radius 3 is 2.77 bits per heavy atom. The first-order valence-electron chi connectivity index (χ1n) is 10.4. The quantitative estimate of drug-likeness (QED) is 0.414. The number of amides is 1. The Morgan fingerprint density at radius 1 is 1.33 bits per heavy atom. The van der Waals surface area contributed by atoms with Crippen LogP contribution in [-0.4, -0.2) is 32.5 Å². The summed E-state index contributed by atoms with van der Waals surface area (Å²) in [5.74, 6) is 2.04. The summed E-state index contributed by atoms with van der Waals surface area (Å²) >= 11 is 7.32. The van der Waals surface area contributed by atoms with Gasteiger partial charge in [-0.3, -0.25) is 9.36 Å². The van der Waals surface area contributed by atoms with Crippen molar-refractivity contribution in [2.75, 3.05) is 6.54 Å². The Balaban J connectivity index is 1.56. The van der Waals surface area contributed by atoms with Crippen LogP contribution in [0.1, 0.15) is 44.9 Å². The van der Waals surface area contributed by atoms with Crippen molar-refractivity contribution in [1.29, 1.82) is 0 Å². The zero-order valence-corrected chi connectivity index (χ0v) is 18.9. The summed E-state index contributed by atoms with van der Waals surface area (Å²) in [5.41, 5.74) is 0. The molecule has 162 valence electrons. The zero-order valence-electron chi connectivity index (χ0n) is 17.3. The van der Waals surface area contributed by atoms with Crippen LogP contribution in [0.25, 0.3) is 0 Å². The molecule has 1 aromatic heterocycles. The third-order valence-electron chi connectivity index (χ3n) is 5.23. The maximum absolute atomic E-state index is 12.6. The number of carbonyl (C=O) groups is 1. The Morgan fingerprint density at radius 2 is 2.07 bits per heavy atom. The van der Waals surface area contributed by atoms with E-state index in [1.807, 2.05) is 23.6 Å². The van der Waals surface area contributed by atoms with Gasteiger partial charge in [-0.15, -0.1) is 16.8 Å². The zero-order chi connectivity index (χ0) is 21.3. The lowest BCUT2D eigenvalue weighted by molar-refractivity contribution is -0.120. The van der Waals surface area contributed by atoms with Crippen LogP contribution in [0.4, 0.5) is 0 Å². The minimum atomic E-state index is -0.258. The summed E-state index contributed by atoms with van der Waals surface area (Å²) in [6.07, 6.45) is 8.08. The Kier molecular flexibility index (Phi) is 8.63. The van der Waals surface area contributed by atoms with Gasteiger partial charge in [-0.25, -0.2) is 0 Å². The lowest BCUT2D eigenvalue weighted by Crippen LogP contribution is -2.35. The smallest absolute Gasteiger partial charge is 0.233 e. The SMILES string of the molecule is C=CCn1c(COc2ccc(Cl)cc2)nnc1SC(C)C(=O)NCC1CCCCC1. The van der Waals surface area contributed by atoms with Crippen molar-refractivity contribution in [3.8, 4) is 5.75 Å². The third kappa shape index (κ3) is 6.51. The van der Waals surface area contributed by atoms with E-state index >= 15 is 0 Å². The first kappa shape index (κ1) is 22.7. The van der Waals surface area contributed by atoms with Crippen LogP contribution in [0.2, 0.25) is 5.02 Å². The molecule has 0 bridgehead atoms. The van der Waals surface area contributed by atoms with Crippen molar-refractivity contribution in [1.82, 2.24) is 20.1 Å². The van der Waals surface area contributed by atoms with E-state index in [-0.39, 0.29) is 17.8 Å². The molecule has 1 atom stereocenters. The van der Waals surface area contributed by atoms with Crippen LogP contribution < -0.4 is 10.1 Å². The number of nitrogens with one attached hydrogen (secondary N) is 1. The van der Waals surface area contributed by atoms with E-state index < -0.39 is 0 Å². The first-order valence-corrected chi connectivity index (χ1v) is 11.7. The summed E-state index contributed by atoms with van der Waals surface area (Å²) in [7, 11) is 0. The van der Waals surface area contributed by atoms with Crippen LogP contribution in [0, 0.1) is 5.92 Å². The molecular weight excluding hydrogens is 420 g/mol. The minimum absolute atomic E-state index is 0.0395. The van der Waals surface area contributed by atoms with Gasteiger partial charge in [0.25, 0.3) is 0 Å². The number of ether oxygens (including phenoxy) is 1. The first-order chi connectivity index (χ1) is 14.6. The van der Waals surface area contributed by atoms with Crippen LogP contribution in [0.15, 0.2) is 42.1 Å². The predicted octanol–water partition coefficient (Wildman–Crippen LogP) is 4.87. The molecule has 1 heterocycles. The number of hydrogen-bond donors (Lipinski definition) is 1. The van der Waals surface area contributed by atoms with Gasteiger partial charge >= 0.3 is 0 Å². The number of rotatable bonds is 10. The van der Waals surface area contributed by atoms with Gasteiger partial charge in [-0.05, 0) is 49.9 Å². The van der Waals surface area contributed by atoms with Crippen LogP contribution >= 0.6 is 23.4 Å². The van der Waals surface area contributed by atoms with E-state index in [2.05, 4.69) is 22.1 Å². The van der Waals surface area contributed by atoms with Crippen molar-refractivity contribution in [2.45, 2.75) is 62.6 Å². The fourth-order valence-electron chi connectivity index (χ4n) is 3.50. The predicted molar refractivity (Wildman–Crippen MR) is 121 cm³/mol. The number of benzene rings is 1. The molecule has 3 rings (SSSR count). The lowest BCUT2D eigenvalue weighted by Gasteiger charge is -2.22. The molecule has 1 saturated carbocycles. The summed E-state index contributed by atoms with van der Waals surface area (Å²) < 4.78 is 7.73. The highest BCUT2D eigenvalue weighted by atomic mass is 35.5. The molecule has 1 fully saturated rings. The van der Waals surface area contributed by atoms with Gasteiger partial charge < -0.3 is 10.1 Å². The summed E-state index contributed by atoms with van der Waals surface area (Å²) in [6.45, 7) is 7.30. The largest absolute Gasteiger partial charge is 0.486 e. The Bertz CT molecular complexity index is 834. The monoisotopic (exact) mass is 448 g/mol. The molecule has 0 saturated heterocycles. The molecule has 8 heteroatoms. The van der Waals surface area contributed by atoms with Gasteiger partial charge in [-0.2, -0.15) is 0 Å². The number of hydrogen-bond acceptors (Lipinski definition) is 5. The molecule has 0 spiro atoms. The molecule has 1 aliphatic rings. The van der Waals surface area contributed by atoms with E-state index in [4.69, 9.17) is 16.3 Å². The molecule has 1 aliphatic carbocycles. The van der Waals surface area contributed by atoms with Crippen LogP contribution in [0.3, 0.4) is 0 Å². The number of halogens is 1. The number of nitrogens with zero attached hydrogens (tertiary/aromatic N) is 3. The van der Waals surface area contributed by atoms with Gasteiger partial charge in [0.15, 0.2) is 11.0 Å². The van der Waals surface area contributed by atoms with Gasteiger partial charge in [0, 0.05) is 18.1 Å². The topological polar surface area (TPSA) is 69.0 Å². The fraction of sp³-hybridized carbons (Fsp3) is 0.500. The molecule has 0 aliphatic heterocycles. The van der Waals surface area contributed by atoms with E-state index in [1.54, 1.807) is 18.2 Å². The van der Waals surface area contributed by atoms with E-state index in [0.29, 0.717) is 34.2 Å². The Hall–Kier alpha value is -1.99. The van der Waals surface area contributed by atoms with E-state index in [1.165, 1.54) is 43.9 Å². The second-order valence-electron chi connectivity index (χ2n) is 7.55. The molecule has 1 aromatic carbocycles. The normalized spacial score (nSPS) is 15.5. The van der Waals surface area contributed by atoms with Gasteiger partial charge in [0.1, 0.15) is 12.4 Å². The number of aromatic nitrogens is 3. The highest BCUT2D eigenvalue weighted by Crippen LogP contribution is 2.25. The lowest BCUT2D eigenvalue weighted by atomic mass is 9.89. The molecule has 6 nitrogen and oxygen atoms in total. The Labute approximate surface area is 187 Å². The molecule has 1 unspecified atom stereocenters. The average molecular weight is 449 g/mol. The highest BCUT2D eigenvalue weighted by Gasteiger charge is 2.21. The van der Waals surface area contributed by atoms with Crippen molar-refractivity contribution < 1.29 is 9.53 Å². The van der Waals surface area contributed by atoms with Crippen LogP contribution in [0.5, 0.6) is 5.75 Å². The minimum Gasteiger partial charge on any atom is -0.486 e. The van der Waals surface area contributed by atoms with Crippen molar-refractivity contribution in [3.05, 3.63) is 47.8 Å². The summed E-state index contributed by atoms with van der Waals surface area (Å²) in [4.78, 5) is 12.6. The summed E-state index contributed by atoms with van der Waals surface area (Å²) in [6, 6.07) is 7.18. The van der Waals surface area contributed by atoms with E-state index in [0.717, 1.165) is 6.54 Å². The van der Waals surface area contributed by atoms with Crippen molar-refractivity contribution in [2.24, 2.45) is 5.92 Å². The van der Waals surface area contributed by atoms with Gasteiger partial charge in [0.05, 0.1) is 5.25 Å². The summed E-state index contributed by atoms with van der Waals surface area (Å²) in [5, 5.41) is 12.7. The second-order valence-corrected chi connectivity index (χ2v) is 9.29. The standard InChI is InChI=1S/C22H29ClN4O2S/c1-3-13-27-20(15-29-19-11-9-18(23)10-12-19)25-26-22(27)30-16(2)21(28)24-14-17-7-5-4-6-8-17/h3,9-12,16-17H,1,4-8,13-15H2,2H3,(H,24,28).